The highest BCUT2D eigenvalue weighted by molar-refractivity contribution is 4.78. The summed E-state index contributed by atoms with van der Waals surface area (Å²) >= 11 is 0. The van der Waals surface area contributed by atoms with Crippen LogP contribution in [-0.4, -0.2) is 55.6 Å². The van der Waals surface area contributed by atoms with Crippen molar-refractivity contribution in [1.29, 1.82) is 0 Å². The van der Waals surface area contributed by atoms with Crippen molar-refractivity contribution in [2.45, 2.75) is 38.3 Å². The number of likely N-dealkylation sites (tertiary alicyclic amines) is 1. The van der Waals surface area contributed by atoms with Crippen LogP contribution in [-0.2, 0) is 0 Å². The van der Waals surface area contributed by atoms with Gasteiger partial charge in [0.2, 0.25) is 0 Å². The van der Waals surface area contributed by atoms with Crippen LogP contribution in [0.4, 0.5) is 0 Å². The molecule has 1 aliphatic rings. The van der Waals surface area contributed by atoms with Crippen LogP contribution in [0, 0.1) is 0 Å². The molecule has 0 aromatic rings. The second-order valence-corrected chi connectivity index (χ2v) is 4.64. The van der Waals surface area contributed by atoms with E-state index >= 15 is 0 Å². The lowest BCUT2D eigenvalue weighted by Crippen LogP contribution is -2.45. The van der Waals surface area contributed by atoms with Gasteiger partial charge in [-0.25, -0.2) is 0 Å². The molecule has 3 heteroatoms. The van der Waals surface area contributed by atoms with Gasteiger partial charge < -0.3 is 15.5 Å². The Kier molecular flexibility index (Phi) is 4.85. The molecule has 1 aliphatic heterocycles. The molecule has 0 aliphatic carbocycles. The maximum Gasteiger partial charge on any atom is 0.0165 e. The van der Waals surface area contributed by atoms with E-state index < -0.39 is 0 Å². The average Bonchev–Trinajstić information content (AvgIpc) is 2.18. The van der Waals surface area contributed by atoms with E-state index in [-0.39, 0.29) is 0 Å². The molecule has 0 spiro atoms. The van der Waals surface area contributed by atoms with Crippen molar-refractivity contribution < 1.29 is 0 Å². The van der Waals surface area contributed by atoms with Crippen molar-refractivity contribution in [2.24, 2.45) is 5.73 Å². The molecule has 0 amide bonds. The predicted molar refractivity (Wildman–Crippen MR) is 61.4 cm³/mol. The summed E-state index contributed by atoms with van der Waals surface area (Å²) < 4.78 is 0. The Hall–Kier alpha value is -0.120. The van der Waals surface area contributed by atoms with Gasteiger partial charge in [-0.2, -0.15) is 0 Å². The monoisotopic (exact) mass is 199 g/mol. The fraction of sp³-hybridized carbons (Fsp3) is 1.00. The second kappa shape index (κ2) is 5.69. The van der Waals surface area contributed by atoms with Gasteiger partial charge in [0.15, 0.2) is 0 Å². The summed E-state index contributed by atoms with van der Waals surface area (Å²) in [4.78, 5) is 4.85. The van der Waals surface area contributed by atoms with E-state index in [0.29, 0.717) is 6.04 Å². The molecule has 1 rings (SSSR count). The maximum absolute atomic E-state index is 5.96. The fourth-order valence-electron chi connectivity index (χ4n) is 2.08. The first-order valence-corrected chi connectivity index (χ1v) is 5.77. The summed E-state index contributed by atoms with van der Waals surface area (Å²) in [6, 6.07) is 1.10. The number of rotatable bonds is 4. The van der Waals surface area contributed by atoms with E-state index in [0.717, 1.165) is 19.0 Å². The van der Waals surface area contributed by atoms with Crippen molar-refractivity contribution in [3.63, 3.8) is 0 Å². The molecule has 0 radical (unpaired) electrons. The topological polar surface area (TPSA) is 32.5 Å². The Labute approximate surface area is 88.2 Å². The third-order valence-electron chi connectivity index (χ3n) is 3.36. The fourth-order valence-corrected chi connectivity index (χ4v) is 2.08. The van der Waals surface area contributed by atoms with Crippen LogP contribution in [0.1, 0.15) is 26.2 Å². The van der Waals surface area contributed by atoms with Gasteiger partial charge in [-0.05, 0) is 46.4 Å². The van der Waals surface area contributed by atoms with Crippen LogP contribution in [0.5, 0.6) is 0 Å². The molecule has 3 nitrogen and oxygen atoms in total. The number of piperidine rings is 1. The first-order valence-electron chi connectivity index (χ1n) is 5.77. The number of nitrogens with two attached hydrogens (primary N) is 1. The lowest BCUT2D eigenvalue weighted by molar-refractivity contribution is 0.138. The summed E-state index contributed by atoms with van der Waals surface area (Å²) in [5.74, 6) is 0. The molecule has 0 bridgehead atoms. The lowest BCUT2D eigenvalue weighted by Gasteiger charge is -2.36. The summed E-state index contributed by atoms with van der Waals surface area (Å²) in [6.07, 6.45) is 3.67. The summed E-state index contributed by atoms with van der Waals surface area (Å²) in [5.41, 5.74) is 5.96. The van der Waals surface area contributed by atoms with Gasteiger partial charge in [0.05, 0.1) is 0 Å². The number of likely N-dealkylation sites (N-methyl/N-ethyl adjacent to an activating group) is 1. The van der Waals surface area contributed by atoms with E-state index in [1.807, 2.05) is 0 Å². The highest BCUT2D eigenvalue weighted by Crippen LogP contribution is 2.14. The first-order chi connectivity index (χ1) is 6.63. The van der Waals surface area contributed by atoms with Crippen LogP contribution in [0.3, 0.4) is 0 Å². The smallest absolute Gasteiger partial charge is 0.0165 e. The molecule has 0 aromatic heterocycles. The molecular weight excluding hydrogens is 174 g/mol. The largest absolute Gasteiger partial charge is 0.327 e. The quantitative estimate of drug-likeness (QED) is 0.725. The molecule has 0 unspecified atom stereocenters. The maximum atomic E-state index is 5.96. The van der Waals surface area contributed by atoms with Crippen molar-refractivity contribution in [3.8, 4) is 0 Å². The van der Waals surface area contributed by atoms with E-state index in [1.165, 1.54) is 25.9 Å². The molecule has 84 valence electrons. The van der Waals surface area contributed by atoms with E-state index in [1.54, 1.807) is 0 Å². The third-order valence-corrected chi connectivity index (χ3v) is 3.36. The molecule has 1 atom stereocenters. The van der Waals surface area contributed by atoms with E-state index in [4.69, 9.17) is 5.73 Å². The average molecular weight is 199 g/mol. The van der Waals surface area contributed by atoms with Crippen LogP contribution in [0.15, 0.2) is 0 Å². The van der Waals surface area contributed by atoms with Crippen molar-refractivity contribution in [2.75, 3.05) is 33.7 Å². The molecular formula is C11H25N3. The van der Waals surface area contributed by atoms with Gasteiger partial charge in [0.25, 0.3) is 0 Å². The lowest BCUT2D eigenvalue weighted by atomic mass is 10.0. The standard InChI is InChI=1S/C11H25N3/c1-4-10(12)9-14(3)11-5-7-13(2)8-6-11/h10-11H,4-9,12H2,1-3H3/t10-/m0/s1. The van der Waals surface area contributed by atoms with Gasteiger partial charge in [-0.3, -0.25) is 0 Å². The Morgan fingerprint density at radius 1 is 1.43 bits per heavy atom. The Morgan fingerprint density at radius 2 is 2.00 bits per heavy atom. The highest BCUT2D eigenvalue weighted by Gasteiger charge is 2.21. The highest BCUT2D eigenvalue weighted by atomic mass is 15.2. The van der Waals surface area contributed by atoms with Crippen LogP contribution in [0.2, 0.25) is 0 Å². The predicted octanol–water partition coefficient (Wildman–Crippen LogP) is 0.750. The van der Waals surface area contributed by atoms with Gasteiger partial charge in [-0.1, -0.05) is 6.92 Å². The van der Waals surface area contributed by atoms with Crippen molar-refractivity contribution >= 4 is 0 Å². The Bertz CT molecular complexity index is 153. The number of hydrogen-bond donors (Lipinski definition) is 1. The molecule has 0 saturated carbocycles. The molecule has 1 fully saturated rings. The molecule has 1 heterocycles. The summed E-state index contributed by atoms with van der Waals surface area (Å²) in [7, 11) is 4.42. The van der Waals surface area contributed by atoms with Gasteiger partial charge in [0, 0.05) is 18.6 Å². The summed E-state index contributed by atoms with van der Waals surface area (Å²) in [5, 5.41) is 0. The van der Waals surface area contributed by atoms with Gasteiger partial charge >= 0.3 is 0 Å². The molecule has 1 saturated heterocycles. The van der Waals surface area contributed by atoms with Crippen LogP contribution >= 0.6 is 0 Å². The minimum absolute atomic E-state index is 0.347. The second-order valence-electron chi connectivity index (χ2n) is 4.64. The first kappa shape index (κ1) is 12.0. The van der Waals surface area contributed by atoms with Gasteiger partial charge in [0.1, 0.15) is 0 Å². The minimum Gasteiger partial charge on any atom is -0.327 e. The van der Waals surface area contributed by atoms with Crippen molar-refractivity contribution in [3.05, 3.63) is 0 Å². The zero-order valence-corrected chi connectivity index (χ0v) is 9.87. The minimum atomic E-state index is 0.347. The normalized spacial score (nSPS) is 22.9. The van der Waals surface area contributed by atoms with Gasteiger partial charge in [-0.15, -0.1) is 0 Å². The Balaban J connectivity index is 2.26. The van der Waals surface area contributed by atoms with Crippen LogP contribution in [0.25, 0.3) is 0 Å². The SMILES string of the molecule is CC[C@H](N)CN(C)C1CCN(C)CC1. The molecule has 14 heavy (non-hydrogen) atoms. The van der Waals surface area contributed by atoms with Crippen LogP contribution < -0.4 is 5.73 Å². The van der Waals surface area contributed by atoms with E-state index in [2.05, 4.69) is 30.8 Å². The Morgan fingerprint density at radius 3 is 2.50 bits per heavy atom. The third kappa shape index (κ3) is 3.56. The van der Waals surface area contributed by atoms with E-state index in [9.17, 15) is 0 Å². The number of hydrogen-bond acceptors (Lipinski definition) is 3. The zero-order valence-electron chi connectivity index (χ0n) is 9.87. The van der Waals surface area contributed by atoms with Crippen molar-refractivity contribution in [1.82, 2.24) is 9.80 Å². The summed E-state index contributed by atoms with van der Waals surface area (Å²) in [6.45, 7) is 5.67. The molecule has 0 aromatic carbocycles. The number of nitrogens with zero attached hydrogens (tertiary/aromatic N) is 2. The zero-order chi connectivity index (χ0) is 10.6. The molecule has 2 N–H and O–H groups in total.